The number of rotatable bonds is 5. The van der Waals surface area contributed by atoms with Gasteiger partial charge in [0.2, 0.25) is 0 Å². The summed E-state index contributed by atoms with van der Waals surface area (Å²) < 4.78 is 7.29. The van der Waals surface area contributed by atoms with Gasteiger partial charge in [-0.2, -0.15) is 0 Å². The molecule has 6 nitrogen and oxygen atoms in total. The van der Waals surface area contributed by atoms with Crippen LogP contribution in [0.15, 0.2) is 35.4 Å². The van der Waals surface area contributed by atoms with Gasteiger partial charge in [0.25, 0.3) is 11.5 Å². The molecule has 3 rings (SSSR count). The van der Waals surface area contributed by atoms with Gasteiger partial charge in [0.05, 0.1) is 12.6 Å². The first kappa shape index (κ1) is 17.4. The molecule has 0 aliphatic carbocycles. The zero-order valence-electron chi connectivity index (χ0n) is 14.6. The van der Waals surface area contributed by atoms with E-state index < -0.39 is 0 Å². The van der Waals surface area contributed by atoms with Crippen molar-refractivity contribution in [2.24, 2.45) is 0 Å². The molecule has 1 N–H and O–H groups in total. The lowest BCUT2D eigenvalue weighted by Gasteiger charge is -2.17. The summed E-state index contributed by atoms with van der Waals surface area (Å²) in [4.78, 5) is 29.5. The van der Waals surface area contributed by atoms with Crippen LogP contribution >= 0.6 is 0 Å². The summed E-state index contributed by atoms with van der Waals surface area (Å²) in [5.41, 5.74) is 2.38. The molecule has 1 fully saturated rings. The minimum Gasteiger partial charge on any atom is -0.376 e. The van der Waals surface area contributed by atoms with Crippen molar-refractivity contribution in [3.8, 4) is 0 Å². The Morgan fingerprint density at radius 2 is 2.28 bits per heavy atom. The number of hydrogen-bond acceptors (Lipinski definition) is 4. The quantitative estimate of drug-likeness (QED) is 0.902. The number of carbonyl (C=O) groups excluding carboxylic acids is 1. The van der Waals surface area contributed by atoms with E-state index >= 15 is 0 Å². The van der Waals surface area contributed by atoms with Crippen LogP contribution in [0.5, 0.6) is 0 Å². The molecule has 0 unspecified atom stereocenters. The third-order valence-corrected chi connectivity index (χ3v) is 4.52. The largest absolute Gasteiger partial charge is 0.376 e. The van der Waals surface area contributed by atoms with Gasteiger partial charge in [-0.3, -0.25) is 14.6 Å². The van der Waals surface area contributed by atoms with Gasteiger partial charge in [-0.05, 0) is 49.9 Å². The second-order valence-electron chi connectivity index (χ2n) is 6.44. The zero-order valence-corrected chi connectivity index (χ0v) is 14.6. The molecule has 0 radical (unpaired) electrons. The molecule has 3 heterocycles. The molecule has 1 saturated heterocycles. The molecule has 2 aromatic rings. The van der Waals surface area contributed by atoms with Crippen molar-refractivity contribution >= 4 is 5.91 Å². The number of aryl methyl sites for hydroxylation is 2. The summed E-state index contributed by atoms with van der Waals surface area (Å²) in [6.07, 6.45) is 5.38. The van der Waals surface area contributed by atoms with Gasteiger partial charge in [-0.25, -0.2) is 0 Å². The van der Waals surface area contributed by atoms with Crippen LogP contribution in [0.3, 0.4) is 0 Å². The maximum atomic E-state index is 12.9. The monoisotopic (exact) mass is 341 g/mol. The van der Waals surface area contributed by atoms with E-state index in [9.17, 15) is 9.59 Å². The number of pyridine rings is 2. The van der Waals surface area contributed by atoms with E-state index in [2.05, 4.69) is 10.3 Å². The topological polar surface area (TPSA) is 73.2 Å². The summed E-state index contributed by atoms with van der Waals surface area (Å²) in [6, 6.07) is 5.58. The van der Waals surface area contributed by atoms with Crippen LogP contribution in [-0.2, 0) is 17.8 Å². The van der Waals surface area contributed by atoms with Crippen molar-refractivity contribution in [2.45, 2.75) is 45.9 Å². The van der Waals surface area contributed by atoms with Gasteiger partial charge in [-0.15, -0.1) is 0 Å². The second-order valence-corrected chi connectivity index (χ2v) is 6.44. The summed E-state index contributed by atoms with van der Waals surface area (Å²) in [5.74, 6) is -0.354. The van der Waals surface area contributed by atoms with E-state index in [1.54, 1.807) is 23.9 Å². The number of nitrogens with one attached hydrogen (secondary N) is 1. The Labute approximate surface area is 146 Å². The number of aromatic nitrogens is 2. The molecule has 1 atom stereocenters. The average Bonchev–Trinajstić information content (AvgIpc) is 3.11. The SMILES string of the molecule is Cc1cc(C)n(C[C@H]2CCCO2)c(=O)c1C(=O)NCc1cccnc1. The van der Waals surface area contributed by atoms with E-state index in [-0.39, 0.29) is 23.1 Å². The molecule has 6 heteroatoms. The summed E-state index contributed by atoms with van der Waals surface area (Å²) in [7, 11) is 0. The van der Waals surface area contributed by atoms with Crippen LogP contribution in [0, 0.1) is 13.8 Å². The van der Waals surface area contributed by atoms with E-state index in [4.69, 9.17) is 4.74 Å². The number of amides is 1. The van der Waals surface area contributed by atoms with Gasteiger partial charge in [0, 0.05) is 31.2 Å². The van der Waals surface area contributed by atoms with Crippen LogP contribution in [-0.4, -0.2) is 28.2 Å². The number of hydrogen-bond donors (Lipinski definition) is 1. The van der Waals surface area contributed by atoms with Gasteiger partial charge < -0.3 is 14.6 Å². The van der Waals surface area contributed by atoms with Crippen LogP contribution in [0.4, 0.5) is 0 Å². The molecule has 1 aliphatic heterocycles. The van der Waals surface area contributed by atoms with Crippen molar-refractivity contribution in [3.05, 3.63) is 63.3 Å². The number of nitrogens with zero attached hydrogens (tertiary/aromatic N) is 2. The number of carbonyl (C=O) groups is 1. The Morgan fingerprint density at radius 3 is 2.96 bits per heavy atom. The highest BCUT2D eigenvalue weighted by atomic mass is 16.5. The van der Waals surface area contributed by atoms with E-state index in [1.807, 2.05) is 25.1 Å². The molecule has 132 valence electrons. The Hall–Kier alpha value is -2.47. The Morgan fingerprint density at radius 1 is 1.44 bits per heavy atom. The summed E-state index contributed by atoms with van der Waals surface area (Å²) >= 11 is 0. The van der Waals surface area contributed by atoms with Gasteiger partial charge in [0.15, 0.2) is 0 Å². The molecular weight excluding hydrogens is 318 g/mol. The van der Waals surface area contributed by atoms with Crippen molar-refractivity contribution < 1.29 is 9.53 Å². The number of ether oxygens (including phenoxy) is 1. The third-order valence-electron chi connectivity index (χ3n) is 4.52. The molecule has 25 heavy (non-hydrogen) atoms. The first-order valence-electron chi connectivity index (χ1n) is 8.56. The van der Waals surface area contributed by atoms with Crippen LogP contribution in [0.2, 0.25) is 0 Å². The smallest absolute Gasteiger partial charge is 0.263 e. The highest BCUT2D eigenvalue weighted by Crippen LogP contribution is 2.15. The lowest BCUT2D eigenvalue weighted by atomic mass is 10.1. The van der Waals surface area contributed by atoms with Crippen molar-refractivity contribution in [2.75, 3.05) is 6.61 Å². The molecule has 0 aromatic carbocycles. The first-order valence-corrected chi connectivity index (χ1v) is 8.56. The predicted molar refractivity (Wildman–Crippen MR) is 94.6 cm³/mol. The summed E-state index contributed by atoms with van der Waals surface area (Å²) in [6.45, 7) is 5.26. The minimum atomic E-state index is -0.354. The fraction of sp³-hybridized carbons (Fsp3) is 0.421. The fourth-order valence-corrected chi connectivity index (χ4v) is 3.20. The first-order chi connectivity index (χ1) is 12.1. The molecule has 2 aromatic heterocycles. The van der Waals surface area contributed by atoms with Crippen molar-refractivity contribution in [3.63, 3.8) is 0 Å². The van der Waals surface area contributed by atoms with Gasteiger partial charge in [0.1, 0.15) is 5.56 Å². The lowest BCUT2D eigenvalue weighted by molar-refractivity contribution is 0.0926. The second kappa shape index (κ2) is 7.61. The van der Waals surface area contributed by atoms with Crippen molar-refractivity contribution in [1.82, 2.24) is 14.9 Å². The molecule has 0 saturated carbocycles. The summed E-state index contributed by atoms with van der Waals surface area (Å²) in [5, 5.41) is 2.81. The van der Waals surface area contributed by atoms with Crippen molar-refractivity contribution in [1.29, 1.82) is 0 Å². The van der Waals surface area contributed by atoms with Gasteiger partial charge >= 0.3 is 0 Å². The maximum absolute atomic E-state index is 12.9. The minimum absolute atomic E-state index is 0.0467. The van der Waals surface area contributed by atoms with Crippen LogP contribution < -0.4 is 10.9 Å². The molecular formula is C19H23N3O3. The van der Waals surface area contributed by atoms with E-state index in [0.717, 1.165) is 30.7 Å². The molecule has 0 spiro atoms. The van der Waals surface area contributed by atoms with E-state index in [0.29, 0.717) is 18.7 Å². The zero-order chi connectivity index (χ0) is 17.8. The standard InChI is InChI=1S/C19H23N3O3/c1-13-9-14(2)22(12-16-6-4-8-25-16)19(24)17(13)18(23)21-11-15-5-3-7-20-10-15/h3,5,7,9-10,16H,4,6,8,11-12H2,1-2H3,(H,21,23)/t16-/m1/s1. The third kappa shape index (κ3) is 3.96. The highest BCUT2D eigenvalue weighted by molar-refractivity contribution is 5.95. The average molecular weight is 341 g/mol. The van der Waals surface area contributed by atoms with Crippen LogP contribution in [0.1, 0.15) is 40.0 Å². The normalized spacial score (nSPS) is 16.8. The highest BCUT2D eigenvalue weighted by Gasteiger charge is 2.21. The Bertz CT molecular complexity index is 809. The Balaban J connectivity index is 1.82. The lowest BCUT2D eigenvalue weighted by Crippen LogP contribution is -2.36. The molecule has 1 amide bonds. The Kier molecular flexibility index (Phi) is 5.28. The maximum Gasteiger partial charge on any atom is 0.263 e. The fourth-order valence-electron chi connectivity index (χ4n) is 3.20. The van der Waals surface area contributed by atoms with Gasteiger partial charge in [-0.1, -0.05) is 6.07 Å². The van der Waals surface area contributed by atoms with E-state index in [1.165, 1.54) is 0 Å². The molecule has 1 aliphatic rings. The predicted octanol–water partition coefficient (Wildman–Crippen LogP) is 1.97. The molecule has 0 bridgehead atoms. The van der Waals surface area contributed by atoms with Crippen LogP contribution in [0.25, 0.3) is 0 Å².